The highest BCUT2D eigenvalue weighted by Crippen LogP contribution is 2.35. The van der Waals surface area contributed by atoms with E-state index in [2.05, 4.69) is 0 Å². The fourth-order valence-corrected chi connectivity index (χ4v) is 3.45. The third-order valence-corrected chi connectivity index (χ3v) is 5.04. The summed E-state index contributed by atoms with van der Waals surface area (Å²) in [5.74, 6) is -1.05. The van der Waals surface area contributed by atoms with Crippen LogP contribution in [0.25, 0.3) is 6.08 Å². The lowest BCUT2D eigenvalue weighted by molar-refractivity contribution is -0.123. The Morgan fingerprint density at radius 1 is 1.04 bits per heavy atom. The molecule has 0 unspecified atom stereocenters. The molecule has 2 amide bonds. The van der Waals surface area contributed by atoms with E-state index in [0.717, 1.165) is 16.7 Å². The second-order valence-corrected chi connectivity index (χ2v) is 6.80. The van der Waals surface area contributed by atoms with Crippen molar-refractivity contribution in [3.8, 4) is 0 Å². The SMILES string of the molecule is O=C1S/C(=C\c2c(F)cccc2Cl)C(=O)N1Cc1ccccc1Cl. The molecule has 7 heteroatoms. The van der Waals surface area contributed by atoms with Gasteiger partial charge in [0.15, 0.2) is 0 Å². The van der Waals surface area contributed by atoms with Gasteiger partial charge in [0.1, 0.15) is 5.82 Å². The van der Waals surface area contributed by atoms with E-state index < -0.39 is 17.0 Å². The van der Waals surface area contributed by atoms with Crippen molar-refractivity contribution < 1.29 is 14.0 Å². The third-order valence-electron chi connectivity index (χ3n) is 3.44. The van der Waals surface area contributed by atoms with Gasteiger partial charge < -0.3 is 0 Å². The first-order valence-corrected chi connectivity index (χ1v) is 8.47. The van der Waals surface area contributed by atoms with Gasteiger partial charge in [0.05, 0.1) is 16.5 Å². The summed E-state index contributed by atoms with van der Waals surface area (Å²) in [4.78, 5) is 25.8. The van der Waals surface area contributed by atoms with Gasteiger partial charge in [-0.1, -0.05) is 47.5 Å². The lowest BCUT2D eigenvalue weighted by Crippen LogP contribution is -2.27. The van der Waals surface area contributed by atoms with Gasteiger partial charge in [0.2, 0.25) is 0 Å². The summed E-state index contributed by atoms with van der Waals surface area (Å²) >= 11 is 12.8. The van der Waals surface area contributed by atoms with E-state index in [1.807, 2.05) is 0 Å². The van der Waals surface area contributed by atoms with Crippen LogP contribution < -0.4 is 0 Å². The minimum absolute atomic E-state index is 0.0622. The van der Waals surface area contributed by atoms with Gasteiger partial charge in [0, 0.05) is 10.6 Å². The molecule has 1 heterocycles. The van der Waals surface area contributed by atoms with Crippen LogP contribution in [0.4, 0.5) is 9.18 Å². The van der Waals surface area contributed by atoms with Crippen LogP contribution in [0.15, 0.2) is 47.4 Å². The standard InChI is InChI=1S/C17H10Cl2FNO2S/c18-12-5-2-1-4-10(12)9-21-16(22)15(24-17(21)23)8-11-13(19)6-3-7-14(11)20/h1-8H,9H2/b15-8-. The molecule has 24 heavy (non-hydrogen) atoms. The number of amides is 2. The van der Waals surface area contributed by atoms with Gasteiger partial charge >= 0.3 is 0 Å². The molecule has 0 radical (unpaired) electrons. The molecule has 2 aromatic carbocycles. The minimum Gasteiger partial charge on any atom is -0.268 e. The summed E-state index contributed by atoms with van der Waals surface area (Å²) in [6.45, 7) is 0.0622. The number of benzene rings is 2. The number of carbonyl (C=O) groups is 2. The smallest absolute Gasteiger partial charge is 0.268 e. The van der Waals surface area contributed by atoms with Gasteiger partial charge in [-0.25, -0.2) is 4.39 Å². The monoisotopic (exact) mass is 381 g/mol. The maximum atomic E-state index is 13.9. The van der Waals surface area contributed by atoms with E-state index >= 15 is 0 Å². The van der Waals surface area contributed by atoms with Crippen LogP contribution in [-0.2, 0) is 11.3 Å². The van der Waals surface area contributed by atoms with Crippen LogP contribution in [0.3, 0.4) is 0 Å². The van der Waals surface area contributed by atoms with Crippen molar-refractivity contribution in [1.82, 2.24) is 4.90 Å². The molecule has 0 bridgehead atoms. The molecule has 0 aliphatic carbocycles. The molecule has 0 saturated carbocycles. The second-order valence-electron chi connectivity index (χ2n) is 4.99. The second kappa shape index (κ2) is 6.97. The number of imide groups is 1. The Bertz CT molecular complexity index is 849. The Morgan fingerprint density at radius 2 is 1.75 bits per heavy atom. The molecule has 1 aliphatic rings. The number of nitrogens with zero attached hydrogens (tertiary/aromatic N) is 1. The number of rotatable bonds is 3. The van der Waals surface area contributed by atoms with Crippen molar-refractivity contribution >= 4 is 52.2 Å². The predicted octanol–water partition coefficient (Wildman–Crippen LogP) is 5.37. The first-order valence-electron chi connectivity index (χ1n) is 6.90. The van der Waals surface area contributed by atoms with Crippen molar-refractivity contribution in [1.29, 1.82) is 0 Å². The zero-order valence-corrected chi connectivity index (χ0v) is 14.5. The quantitative estimate of drug-likeness (QED) is 0.670. The van der Waals surface area contributed by atoms with Crippen LogP contribution in [0.5, 0.6) is 0 Å². The van der Waals surface area contributed by atoms with E-state index in [9.17, 15) is 14.0 Å². The molecule has 1 aliphatic heterocycles. The van der Waals surface area contributed by atoms with Crippen LogP contribution in [0, 0.1) is 5.82 Å². The van der Waals surface area contributed by atoms with Crippen molar-refractivity contribution in [2.75, 3.05) is 0 Å². The van der Waals surface area contributed by atoms with Crippen molar-refractivity contribution in [3.05, 3.63) is 74.4 Å². The average molecular weight is 382 g/mol. The maximum Gasteiger partial charge on any atom is 0.293 e. The lowest BCUT2D eigenvalue weighted by atomic mass is 10.2. The molecule has 0 atom stereocenters. The molecule has 0 spiro atoms. The van der Waals surface area contributed by atoms with Crippen LogP contribution in [-0.4, -0.2) is 16.0 Å². The topological polar surface area (TPSA) is 37.4 Å². The molecule has 1 fully saturated rings. The van der Waals surface area contributed by atoms with E-state index in [-0.39, 0.29) is 22.0 Å². The summed E-state index contributed by atoms with van der Waals surface area (Å²) in [6.07, 6.45) is 1.30. The largest absolute Gasteiger partial charge is 0.293 e. The minimum atomic E-state index is -0.555. The Balaban J connectivity index is 1.89. The zero-order valence-electron chi connectivity index (χ0n) is 12.1. The van der Waals surface area contributed by atoms with Gasteiger partial charge in [0.25, 0.3) is 11.1 Å². The molecule has 3 rings (SSSR count). The molecular formula is C17H10Cl2FNO2S. The number of halogens is 3. The first kappa shape index (κ1) is 17.0. The van der Waals surface area contributed by atoms with Gasteiger partial charge in [-0.05, 0) is 41.6 Å². The number of thioether (sulfide) groups is 1. The van der Waals surface area contributed by atoms with Gasteiger partial charge in [-0.3, -0.25) is 14.5 Å². The molecule has 122 valence electrons. The predicted molar refractivity (Wildman–Crippen MR) is 94.4 cm³/mol. The van der Waals surface area contributed by atoms with Crippen molar-refractivity contribution in [2.45, 2.75) is 6.54 Å². The molecule has 1 saturated heterocycles. The Hall–Kier alpha value is -1.82. The van der Waals surface area contributed by atoms with Crippen molar-refractivity contribution in [2.24, 2.45) is 0 Å². The number of hydrogen-bond donors (Lipinski definition) is 0. The van der Waals surface area contributed by atoms with Crippen LogP contribution in [0.2, 0.25) is 10.0 Å². The van der Waals surface area contributed by atoms with E-state index in [1.165, 1.54) is 24.3 Å². The molecule has 0 aromatic heterocycles. The molecule has 2 aromatic rings. The van der Waals surface area contributed by atoms with Crippen LogP contribution in [0.1, 0.15) is 11.1 Å². The zero-order chi connectivity index (χ0) is 17.3. The first-order chi connectivity index (χ1) is 11.5. The maximum absolute atomic E-state index is 13.9. The summed E-state index contributed by atoms with van der Waals surface area (Å²) in [5, 5.41) is 0.212. The highest BCUT2D eigenvalue weighted by Gasteiger charge is 2.35. The summed E-state index contributed by atoms with van der Waals surface area (Å²) in [5.41, 5.74) is 0.744. The lowest BCUT2D eigenvalue weighted by Gasteiger charge is -2.13. The van der Waals surface area contributed by atoms with Gasteiger partial charge in [-0.2, -0.15) is 0 Å². The Kier molecular flexibility index (Phi) is 4.94. The summed E-state index contributed by atoms with van der Waals surface area (Å²) in [6, 6.07) is 11.2. The normalized spacial score (nSPS) is 16.3. The molecule has 0 N–H and O–H groups in total. The van der Waals surface area contributed by atoms with Gasteiger partial charge in [-0.15, -0.1) is 0 Å². The van der Waals surface area contributed by atoms with Crippen LogP contribution >= 0.6 is 35.0 Å². The Morgan fingerprint density at radius 3 is 2.46 bits per heavy atom. The third kappa shape index (κ3) is 3.34. The van der Waals surface area contributed by atoms with Crippen molar-refractivity contribution in [3.63, 3.8) is 0 Å². The Labute approximate surface area is 152 Å². The van der Waals surface area contributed by atoms with E-state index in [4.69, 9.17) is 23.2 Å². The van der Waals surface area contributed by atoms with E-state index in [1.54, 1.807) is 24.3 Å². The fourth-order valence-electron chi connectivity index (χ4n) is 2.21. The number of hydrogen-bond acceptors (Lipinski definition) is 3. The fraction of sp³-hybridized carbons (Fsp3) is 0.0588. The highest BCUT2D eigenvalue weighted by molar-refractivity contribution is 8.18. The van der Waals surface area contributed by atoms with E-state index in [0.29, 0.717) is 10.6 Å². The molecule has 3 nitrogen and oxygen atoms in total. The highest BCUT2D eigenvalue weighted by atomic mass is 35.5. The summed E-state index contributed by atoms with van der Waals surface area (Å²) in [7, 11) is 0. The average Bonchev–Trinajstić information content (AvgIpc) is 2.80. The number of carbonyl (C=O) groups excluding carboxylic acids is 2. The summed E-state index contributed by atoms with van der Waals surface area (Å²) < 4.78 is 13.9. The molecular weight excluding hydrogens is 372 g/mol.